The Morgan fingerprint density at radius 3 is 1.38 bits per heavy atom. The van der Waals surface area contributed by atoms with Gasteiger partial charge in [0, 0.05) is 6.54 Å². The minimum absolute atomic E-state index is 0.001000. The van der Waals surface area contributed by atoms with Gasteiger partial charge in [0.2, 0.25) is 0 Å². The van der Waals surface area contributed by atoms with Gasteiger partial charge in [0.25, 0.3) is 0 Å². The molecule has 3 heterocycles. The van der Waals surface area contributed by atoms with Crippen LogP contribution in [-0.2, 0) is 32.0 Å². The first-order chi connectivity index (χ1) is 31.6. The van der Waals surface area contributed by atoms with Gasteiger partial charge in [-0.2, -0.15) is 0 Å². The number of aliphatic imine (C=N–C) groups is 1. The van der Waals surface area contributed by atoms with Gasteiger partial charge < -0.3 is 29.3 Å². The second-order valence-corrected chi connectivity index (χ2v) is 16.1. The van der Waals surface area contributed by atoms with Crippen LogP contribution >= 0.6 is 0 Å². The van der Waals surface area contributed by atoms with Crippen LogP contribution in [-0.4, -0.2) is 55.9 Å². The molecular weight excluding hydrogens is 797 g/mol. The summed E-state index contributed by atoms with van der Waals surface area (Å²) in [7, 11) is 0. The summed E-state index contributed by atoms with van der Waals surface area (Å²) in [5, 5.41) is 24.6. The Labute approximate surface area is 373 Å². The molecule has 0 spiro atoms. The van der Waals surface area contributed by atoms with Gasteiger partial charge in [-0.1, -0.05) is 212 Å². The number of aliphatic hydroxyl groups excluding tert-OH is 2. The molecule has 7 aromatic carbocycles. The average Bonchev–Trinajstić information content (AvgIpc) is 3.94. The van der Waals surface area contributed by atoms with E-state index in [-0.39, 0.29) is 6.61 Å². The molecule has 318 valence electrons. The molecule has 8 aromatic rings. The third-order valence-corrected chi connectivity index (χ3v) is 12.3. The summed E-state index contributed by atoms with van der Waals surface area (Å²) in [5.74, 6) is 0.383. The third kappa shape index (κ3) is 7.53. The fourth-order valence-electron chi connectivity index (χ4n) is 9.27. The average molecular weight is 845 g/mol. The molecule has 0 radical (unpaired) electrons. The highest BCUT2D eigenvalue weighted by Crippen LogP contribution is 2.48. The second kappa shape index (κ2) is 18.0. The predicted octanol–water partition coefficient (Wildman–Crippen LogP) is 9.69. The molecule has 64 heavy (non-hydrogen) atoms. The molecule has 2 N–H and O–H groups in total. The Morgan fingerprint density at radius 1 is 0.531 bits per heavy atom. The molecule has 0 bridgehead atoms. The summed E-state index contributed by atoms with van der Waals surface area (Å²) in [5.41, 5.74) is 4.50. The Bertz CT molecular complexity index is 2570. The van der Waals surface area contributed by atoms with E-state index in [1.165, 1.54) is 0 Å². The first-order valence-corrected chi connectivity index (χ1v) is 21.6. The number of nitrogens with zero attached hydrogens (tertiary/aromatic N) is 4. The van der Waals surface area contributed by atoms with E-state index in [0.717, 1.165) is 38.9 Å². The van der Waals surface area contributed by atoms with E-state index < -0.39 is 42.0 Å². The number of hydrogen-bond acceptors (Lipinski definition) is 8. The van der Waals surface area contributed by atoms with E-state index in [1.807, 2.05) is 140 Å². The fraction of sp³-hybridized carbons (Fsp3) is 0.164. The molecule has 2 aliphatic heterocycles. The van der Waals surface area contributed by atoms with Crippen molar-refractivity contribution >= 4 is 12.2 Å². The van der Waals surface area contributed by atoms with Crippen LogP contribution in [0, 0.1) is 0 Å². The van der Waals surface area contributed by atoms with Crippen LogP contribution in [0.1, 0.15) is 57.1 Å². The highest BCUT2D eigenvalue weighted by Gasteiger charge is 2.53. The largest absolute Gasteiger partial charge is 0.386 e. The van der Waals surface area contributed by atoms with E-state index in [4.69, 9.17) is 19.2 Å². The van der Waals surface area contributed by atoms with Gasteiger partial charge in [0.15, 0.2) is 18.3 Å². The number of fused-ring (bicyclic) bond motifs is 1. The third-order valence-electron chi connectivity index (χ3n) is 12.3. The zero-order valence-electron chi connectivity index (χ0n) is 35.1. The van der Waals surface area contributed by atoms with Crippen molar-refractivity contribution in [3.63, 3.8) is 0 Å². The minimum atomic E-state index is -1.27. The lowest BCUT2D eigenvalue weighted by Gasteiger charge is -2.41. The number of aliphatic hydroxyl groups is 2. The number of ether oxygens (including phenoxy) is 3. The van der Waals surface area contributed by atoms with Crippen LogP contribution < -0.4 is 0 Å². The lowest BCUT2D eigenvalue weighted by atomic mass is 9.79. The van der Waals surface area contributed by atoms with E-state index in [9.17, 15) is 10.2 Å². The summed E-state index contributed by atoms with van der Waals surface area (Å²) in [6, 6.07) is 70.7. The van der Waals surface area contributed by atoms with Crippen molar-refractivity contribution in [2.45, 2.75) is 48.5 Å². The summed E-state index contributed by atoms with van der Waals surface area (Å²) in [4.78, 5) is 11.2. The summed E-state index contributed by atoms with van der Waals surface area (Å²) >= 11 is 0. The van der Waals surface area contributed by atoms with Gasteiger partial charge in [0.1, 0.15) is 35.2 Å². The van der Waals surface area contributed by atoms with Crippen molar-refractivity contribution in [3.8, 4) is 0 Å². The normalized spacial score (nSPS) is 19.7. The van der Waals surface area contributed by atoms with Crippen molar-refractivity contribution in [2.24, 2.45) is 4.99 Å². The molecule has 1 aromatic heterocycles. The van der Waals surface area contributed by atoms with Crippen molar-refractivity contribution in [1.29, 1.82) is 0 Å². The monoisotopic (exact) mass is 844 g/mol. The molecular formula is C55H48N4O5. The summed E-state index contributed by atoms with van der Waals surface area (Å²) in [6.45, 7) is 0.432. The van der Waals surface area contributed by atoms with Crippen LogP contribution in [0.4, 0.5) is 5.82 Å². The molecule has 9 heteroatoms. The van der Waals surface area contributed by atoms with E-state index >= 15 is 0 Å². The Hall–Kier alpha value is -6.98. The van der Waals surface area contributed by atoms with Crippen LogP contribution in [0.25, 0.3) is 0 Å². The number of aromatic nitrogens is 2. The molecule has 0 aliphatic carbocycles. The Morgan fingerprint density at radius 2 is 0.938 bits per heavy atom. The fourth-order valence-corrected chi connectivity index (χ4v) is 9.27. The maximum Gasteiger partial charge on any atom is 0.175 e. The number of rotatable bonds is 14. The maximum atomic E-state index is 12.9. The van der Waals surface area contributed by atoms with Gasteiger partial charge in [-0.3, -0.25) is 4.57 Å². The summed E-state index contributed by atoms with van der Waals surface area (Å²) < 4.78 is 23.9. The van der Waals surface area contributed by atoms with Crippen LogP contribution in [0.5, 0.6) is 0 Å². The molecule has 2 aliphatic rings. The molecule has 9 nitrogen and oxygen atoms in total. The lowest BCUT2D eigenvalue weighted by molar-refractivity contribution is -0.131. The van der Waals surface area contributed by atoms with Crippen LogP contribution in [0.3, 0.4) is 0 Å². The van der Waals surface area contributed by atoms with E-state index in [1.54, 1.807) is 22.1 Å². The van der Waals surface area contributed by atoms with Gasteiger partial charge in [-0.05, 0) is 38.9 Å². The van der Waals surface area contributed by atoms with Gasteiger partial charge in [0.05, 0.1) is 19.3 Å². The first-order valence-electron chi connectivity index (χ1n) is 21.6. The second-order valence-electron chi connectivity index (χ2n) is 16.1. The van der Waals surface area contributed by atoms with Crippen molar-refractivity contribution in [3.05, 3.63) is 263 Å². The number of benzene rings is 7. The summed E-state index contributed by atoms with van der Waals surface area (Å²) in [6.07, 6.45) is -2.02. The predicted molar refractivity (Wildman–Crippen MR) is 246 cm³/mol. The van der Waals surface area contributed by atoms with Crippen molar-refractivity contribution in [2.75, 3.05) is 6.61 Å². The standard InChI is InChI=1S/C55H48N4O5/c60-49-50(64-55(44-30-16-5-17-31-44,45-32-18-6-19-33-45)46-34-20-7-21-35-46)47(63-53(49)59-39-56-48-51(59)57-38-58(52(48)61)36-40-22-8-1-9-23-40)37-62-54(41-24-10-2-11-25-41,42-26-12-3-13-27-42)43-28-14-4-15-29-43/h1-35,38-39,47,49-50,52-53,60-61H,36-37H2/t47-,49-,50-,52?,53-/m1/s1. The van der Waals surface area contributed by atoms with Crippen molar-refractivity contribution in [1.82, 2.24) is 14.5 Å². The van der Waals surface area contributed by atoms with Gasteiger partial charge in [-0.25, -0.2) is 9.98 Å². The SMILES string of the molecule is OC1c2ncn([C@@H]3O[C@H](COC(c4ccccc4)(c4ccccc4)c4ccccc4)[C@@H](OC(c4ccccc4)(c4ccccc4)c4ccccc4)[C@H]3O)c2N=CN1Cc1ccccc1. The zero-order chi connectivity index (χ0) is 43.4. The molecule has 0 amide bonds. The molecule has 10 rings (SSSR count). The van der Waals surface area contributed by atoms with Crippen molar-refractivity contribution < 1.29 is 24.4 Å². The number of hydrogen-bond donors (Lipinski definition) is 2. The Balaban J connectivity index is 1.10. The van der Waals surface area contributed by atoms with Crippen LogP contribution in [0.2, 0.25) is 0 Å². The van der Waals surface area contributed by atoms with Gasteiger partial charge >= 0.3 is 0 Å². The van der Waals surface area contributed by atoms with E-state index in [2.05, 4.69) is 77.8 Å². The molecule has 1 saturated heterocycles. The minimum Gasteiger partial charge on any atom is -0.386 e. The topological polar surface area (TPSA) is 102 Å². The smallest absolute Gasteiger partial charge is 0.175 e. The number of imidazole rings is 1. The van der Waals surface area contributed by atoms with Gasteiger partial charge in [-0.15, -0.1) is 0 Å². The highest BCUT2D eigenvalue weighted by molar-refractivity contribution is 5.65. The molecule has 1 unspecified atom stereocenters. The van der Waals surface area contributed by atoms with Crippen LogP contribution in [0.15, 0.2) is 224 Å². The van der Waals surface area contributed by atoms with E-state index in [0.29, 0.717) is 18.1 Å². The first kappa shape index (κ1) is 41.1. The maximum absolute atomic E-state index is 12.9. The quantitative estimate of drug-likeness (QED) is 0.105. The molecule has 1 fully saturated rings. The molecule has 5 atom stereocenters. The Kier molecular flexibility index (Phi) is 11.6. The lowest BCUT2D eigenvalue weighted by Crippen LogP contribution is -2.46. The zero-order valence-corrected chi connectivity index (χ0v) is 35.1. The highest BCUT2D eigenvalue weighted by atomic mass is 16.6. The molecule has 0 saturated carbocycles.